The van der Waals surface area contributed by atoms with Crippen LogP contribution >= 0.6 is 0 Å². The van der Waals surface area contributed by atoms with Crippen LogP contribution in [0.4, 0.5) is 0 Å². The van der Waals surface area contributed by atoms with E-state index in [0.29, 0.717) is 30.3 Å². The number of hydrogen-bond acceptors (Lipinski definition) is 4. The Bertz CT molecular complexity index is 518. The minimum absolute atomic E-state index is 0.196. The van der Waals surface area contributed by atoms with Crippen molar-refractivity contribution in [3.63, 3.8) is 0 Å². The summed E-state index contributed by atoms with van der Waals surface area (Å²) < 4.78 is 16.0. The van der Waals surface area contributed by atoms with Crippen LogP contribution in [0.15, 0.2) is 37.4 Å². The molecule has 0 bridgehead atoms. The molecule has 0 fully saturated rings. The fourth-order valence-electron chi connectivity index (χ4n) is 1.84. The average Bonchev–Trinajstić information content (AvgIpc) is 2.49. The maximum absolute atomic E-state index is 11.9. The van der Waals surface area contributed by atoms with E-state index in [9.17, 15) is 4.79 Å². The smallest absolute Gasteiger partial charge is 0.341 e. The lowest BCUT2D eigenvalue weighted by Gasteiger charge is -2.17. The first kappa shape index (κ1) is 16.8. The van der Waals surface area contributed by atoms with Crippen molar-refractivity contribution in [3.05, 3.63) is 48.6 Å². The molecule has 1 rings (SSSR count). The molecule has 0 amide bonds. The van der Waals surface area contributed by atoms with Crippen molar-refractivity contribution < 1.29 is 19.0 Å². The lowest BCUT2D eigenvalue weighted by atomic mass is 9.98. The maximum Gasteiger partial charge on any atom is 0.341 e. The van der Waals surface area contributed by atoms with Crippen molar-refractivity contribution in [2.24, 2.45) is 0 Å². The minimum atomic E-state index is -0.439. The van der Waals surface area contributed by atoms with Gasteiger partial charge in [0.1, 0.15) is 30.3 Å². The Morgan fingerprint density at radius 2 is 1.71 bits per heavy atom. The van der Waals surface area contributed by atoms with E-state index in [2.05, 4.69) is 13.2 Å². The summed E-state index contributed by atoms with van der Waals surface area (Å²) in [5, 5.41) is 0. The molecule has 0 aliphatic carbocycles. The highest BCUT2D eigenvalue weighted by Gasteiger charge is 2.19. The molecule has 21 heavy (non-hydrogen) atoms. The molecule has 0 radical (unpaired) electrons. The van der Waals surface area contributed by atoms with E-state index in [-0.39, 0.29) is 5.92 Å². The van der Waals surface area contributed by atoms with Crippen LogP contribution in [0.2, 0.25) is 0 Å². The number of methoxy groups -OCH3 is 1. The van der Waals surface area contributed by atoms with Gasteiger partial charge in [0.05, 0.1) is 7.11 Å². The van der Waals surface area contributed by atoms with Gasteiger partial charge in [0, 0.05) is 6.07 Å². The lowest BCUT2D eigenvalue weighted by molar-refractivity contribution is 0.0596. The van der Waals surface area contributed by atoms with Crippen LogP contribution in [-0.4, -0.2) is 26.3 Å². The molecule has 1 aromatic rings. The quantitative estimate of drug-likeness (QED) is 0.540. The molecule has 0 saturated carbocycles. The van der Waals surface area contributed by atoms with Gasteiger partial charge >= 0.3 is 5.97 Å². The first-order chi connectivity index (χ1) is 10.0. The number of carbonyl (C=O) groups excluding carboxylic acids is 1. The van der Waals surface area contributed by atoms with Crippen molar-refractivity contribution in [2.45, 2.75) is 19.8 Å². The van der Waals surface area contributed by atoms with Crippen LogP contribution in [0, 0.1) is 0 Å². The zero-order chi connectivity index (χ0) is 15.8. The van der Waals surface area contributed by atoms with Gasteiger partial charge in [-0.15, -0.1) is 0 Å². The van der Waals surface area contributed by atoms with Crippen LogP contribution in [0.5, 0.6) is 11.5 Å². The molecule has 0 atom stereocenters. The van der Waals surface area contributed by atoms with Gasteiger partial charge in [0.25, 0.3) is 0 Å². The van der Waals surface area contributed by atoms with Crippen LogP contribution < -0.4 is 9.47 Å². The van der Waals surface area contributed by atoms with Gasteiger partial charge in [0.2, 0.25) is 0 Å². The van der Waals surface area contributed by atoms with Gasteiger partial charge in [-0.1, -0.05) is 39.2 Å². The molecule has 0 unspecified atom stereocenters. The van der Waals surface area contributed by atoms with Crippen molar-refractivity contribution >= 4 is 5.97 Å². The highest BCUT2D eigenvalue weighted by Crippen LogP contribution is 2.34. The van der Waals surface area contributed by atoms with Gasteiger partial charge < -0.3 is 14.2 Å². The molecule has 0 aliphatic rings. The third-order valence-electron chi connectivity index (χ3n) is 2.85. The molecule has 114 valence electrons. The number of esters is 1. The summed E-state index contributed by atoms with van der Waals surface area (Å²) in [4.78, 5) is 11.9. The standard InChI is InChI=1S/C17H22O4/c1-6-8-20-15-11-16(21-9-7-2)14(17(18)19-5)10-13(15)12(3)4/h6-7,10-12H,1-2,8-9H2,3-5H3. The molecule has 4 heteroatoms. The normalized spacial score (nSPS) is 10.1. The molecule has 4 nitrogen and oxygen atoms in total. The van der Waals surface area contributed by atoms with Crippen LogP contribution in [0.3, 0.4) is 0 Å². The molecule has 1 aromatic carbocycles. The Morgan fingerprint density at radius 3 is 2.19 bits per heavy atom. The second kappa shape index (κ2) is 8.15. The highest BCUT2D eigenvalue weighted by atomic mass is 16.5. The number of benzene rings is 1. The molecule has 0 aliphatic heterocycles. The summed E-state index contributed by atoms with van der Waals surface area (Å²) >= 11 is 0. The van der Waals surface area contributed by atoms with E-state index in [1.54, 1.807) is 24.3 Å². The van der Waals surface area contributed by atoms with Crippen LogP contribution in [0.1, 0.15) is 35.7 Å². The number of hydrogen-bond donors (Lipinski definition) is 0. The monoisotopic (exact) mass is 290 g/mol. The maximum atomic E-state index is 11.9. The summed E-state index contributed by atoms with van der Waals surface area (Å²) in [6.45, 7) is 12.0. The van der Waals surface area contributed by atoms with Crippen molar-refractivity contribution in [3.8, 4) is 11.5 Å². The Morgan fingerprint density at radius 1 is 1.14 bits per heavy atom. The van der Waals surface area contributed by atoms with Gasteiger partial charge in [0.15, 0.2) is 0 Å². The summed E-state index contributed by atoms with van der Waals surface area (Å²) in [5.41, 5.74) is 1.30. The first-order valence-electron chi connectivity index (χ1n) is 6.78. The fourth-order valence-corrected chi connectivity index (χ4v) is 1.84. The zero-order valence-electron chi connectivity index (χ0n) is 12.8. The summed E-state index contributed by atoms with van der Waals surface area (Å²) in [7, 11) is 1.34. The Hall–Kier alpha value is -2.23. The SMILES string of the molecule is C=CCOc1cc(OCC=C)c(C(C)C)cc1C(=O)OC. The van der Waals surface area contributed by atoms with Gasteiger partial charge in [-0.3, -0.25) is 0 Å². The van der Waals surface area contributed by atoms with E-state index in [1.807, 2.05) is 13.8 Å². The topological polar surface area (TPSA) is 44.8 Å². The van der Waals surface area contributed by atoms with Crippen LogP contribution in [0.25, 0.3) is 0 Å². The molecular formula is C17H22O4. The Kier molecular flexibility index (Phi) is 6.53. The largest absolute Gasteiger partial charge is 0.489 e. The van der Waals surface area contributed by atoms with Gasteiger partial charge in [-0.05, 0) is 17.5 Å². The molecule has 0 N–H and O–H groups in total. The summed E-state index contributed by atoms with van der Waals surface area (Å²) in [5.74, 6) is 0.856. The van der Waals surface area contributed by atoms with E-state index in [1.165, 1.54) is 7.11 Å². The average molecular weight is 290 g/mol. The Balaban J connectivity index is 3.33. The minimum Gasteiger partial charge on any atom is -0.489 e. The zero-order valence-corrected chi connectivity index (χ0v) is 12.8. The predicted octanol–water partition coefficient (Wildman–Crippen LogP) is 3.73. The van der Waals surface area contributed by atoms with Crippen molar-refractivity contribution in [2.75, 3.05) is 20.3 Å². The fraction of sp³-hybridized carbons (Fsp3) is 0.353. The van der Waals surface area contributed by atoms with Gasteiger partial charge in [-0.2, -0.15) is 0 Å². The van der Waals surface area contributed by atoms with E-state index >= 15 is 0 Å². The molecule has 0 aromatic heterocycles. The number of carbonyl (C=O) groups is 1. The van der Waals surface area contributed by atoms with Crippen molar-refractivity contribution in [1.29, 1.82) is 0 Å². The van der Waals surface area contributed by atoms with Crippen molar-refractivity contribution in [1.82, 2.24) is 0 Å². The molecule has 0 heterocycles. The predicted molar refractivity (Wildman–Crippen MR) is 83.3 cm³/mol. The molecular weight excluding hydrogens is 268 g/mol. The number of rotatable bonds is 8. The lowest BCUT2D eigenvalue weighted by Crippen LogP contribution is -2.09. The van der Waals surface area contributed by atoms with Gasteiger partial charge in [-0.25, -0.2) is 4.79 Å². The molecule has 0 spiro atoms. The number of ether oxygens (including phenoxy) is 3. The summed E-state index contributed by atoms with van der Waals surface area (Å²) in [6, 6.07) is 3.47. The third-order valence-corrected chi connectivity index (χ3v) is 2.85. The second-order valence-electron chi connectivity index (χ2n) is 4.73. The highest BCUT2D eigenvalue weighted by molar-refractivity contribution is 5.93. The first-order valence-corrected chi connectivity index (χ1v) is 6.78. The van der Waals surface area contributed by atoms with E-state index in [4.69, 9.17) is 14.2 Å². The third kappa shape index (κ3) is 4.38. The second-order valence-corrected chi connectivity index (χ2v) is 4.73. The summed E-state index contributed by atoms with van der Waals surface area (Å²) in [6.07, 6.45) is 3.28. The molecule has 0 saturated heterocycles. The van der Waals surface area contributed by atoms with Crippen LogP contribution in [-0.2, 0) is 4.74 Å². The Labute approximate surface area is 126 Å². The van der Waals surface area contributed by atoms with E-state index in [0.717, 1.165) is 5.56 Å². The van der Waals surface area contributed by atoms with E-state index < -0.39 is 5.97 Å².